The van der Waals surface area contributed by atoms with E-state index in [1.165, 1.54) is 0 Å². The maximum absolute atomic E-state index is 12.5. The quantitative estimate of drug-likeness (QED) is 0.517. The summed E-state index contributed by atoms with van der Waals surface area (Å²) in [6, 6.07) is 11.3. The Morgan fingerprint density at radius 3 is 2.79 bits per heavy atom. The number of carbonyl (C=O) groups is 1. The fourth-order valence-electron chi connectivity index (χ4n) is 3.07. The van der Waals surface area contributed by atoms with Crippen LogP contribution in [0.5, 0.6) is 0 Å². The molecular weight excluding hydrogens is 366 g/mol. The molecule has 0 spiro atoms. The summed E-state index contributed by atoms with van der Waals surface area (Å²) in [5.74, 6) is 1.21. The Kier molecular flexibility index (Phi) is 4.95. The summed E-state index contributed by atoms with van der Waals surface area (Å²) in [7, 11) is 0. The summed E-state index contributed by atoms with van der Waals surface area (Å²) in [5, 5.41) is 6.24. The molecule has 4 rings (SSSR count). The molecule has 0 bridgehead atoms. The minimum atomic E-state index is -0.191. The van der Waals surface area contributed by atoms with Crippen LogP contribution in [0.25, 0.3) is 11.2 Å². The highest BCUT2D eigenvalue weighted by molar-refractivity contribution is 6.04. The van der Waals surface area contributed by atoms with Gasteiger partial charge in [0.15, 0.2) is 0 Å². The third-order valence-electron chi connectivity index (χ3n) is 4.51. The fraction of sp³-hybridized carbons (Fsp3) is 0.182. The summed E-state index contributed by atoms with van der Waals surface area (Å²) < 4.78 is 5.54. The number of pyridine rings is 1. The van der Waals surface area contributed by atoms with E-state index in [2.05, 4.69) is 25.6 Å². The van der Waals surface area contributed by atoms with Crippen molar-refractivity contribution >= 4 is 28.6 Å². The van der Waals surface area contributed by atoms with Gasteiger partial charge in [-0.25, -0.2) is 4.98 Å². The molecule has 7 nitrogen and oxygen atoms in total. The topological polar surface area (TPSA) is 92.9 Å². The number of fused-ring (bicyclic) bond motifs is 1. The predicted octanol–water partition coefficient (Wildman–Crippen LogP) is 4.66. The summed E-state index contributed by atoms with van der Waals surface area (Å²) in [6.07, 6.45) is 4.96. The van der Waals surface area contributed by atoms with Gasteiger partial charge in [0, 0.05) is 24.1 Å². The van der Waals surface area contributed by atoms with E-state index in [0.29, 0.717) is 22.8 Å². The molecular formula is C22H21N5O2. The van der Waals surface area contributed by atoms with Crippen LogP contribution in [0.15, 0.2) is 59.4 Å². The van der Waals surface area contributed by atoms with Gasteiger partial charge in [-0.1, -0.05) is 12.1 Å². The van der Waals surface area contributed by atoms with Crippen molar-refractivity contribution in [3.63, 3.8) is 0 Å². The normalized spacial score (nSPS) is 12.0. The monoisotopic (exact) mass is 387 g/mol. The Morgan fingerprint density at radius 2 is 1.97 bits per heavy atom. The van der Waals surface area contributed by atoms with Crippen LogP contribution in [0.3, 0.4) is 0 Å². The first-order valence-corrected chi connectivity index (χ1v) is 9.30. The molecule has 0 radical (unpaired) electrons. The predicted molar refractivity (Wildman–Crippen MR) is 112 cm³/mol. The van der Waals surface area contributed by atoms with Gasteiger partial charge in [-0.2, -0.15) is 4.98 Å². The molecule has 29 heavy (non-hydrogen) atoms. The van der Waals surface area contributed by atoms with E-state index in [9.17, 15) is 4.79 Å². The second kappa shape index (κ2) is 7.71. The molecule has 4 aromatic rings. The number of nitrogens with zero attached hydrogens (tertiary/aromatic N) is 3. The van der Waals surface area contributed by atoms with Crippen molar-refractivity contribution in [2.75, 3.05) is 10.6 Å². The Hall–Kier alpha value is -3.74. The number of amides is 1. The van der Waals surface area contributed by atoms with Gasteiger partial charge < -0.3 is 15.1 Å². The smallest absolute Gasteiger partial charge is 0.257 e. The van der Waals surface area contributed by atoms with Crippen LogP contribution in [-0.4, -0.2) is 20.9 Å². The van der Waals surface area contributed by atoms with Crippen molar-refractivity contribution in [1.29, 1.82) is 0 Å². The van der Waals surface area contributed by atoms with Crippen LogP contribution < -0.4 is 10.6 Å². The molecule has 0 saturated heterocycles. The van der Waals surface area contributed by atoms with Crippen molar-refractivity contribution in [1.82, 2.24) is 15.0 Å². The Bertz CT molecular complexity index is 1180. The van der Waals surface area contributed by atoms with E-state index >= 15 is 0 Å². The highest BCUT2D eigenvalue weighted by atomic mass is 16.3. The molecule has 0 saturated carbocycles. The number of aromatic nitrogens is 3. The van der Waals surface area contributed by atoms with E-state index in [1.54, 1.807) is 18.6 Å². The number of anilines is 2. The summed E-state index contributed by atoms with van der Waals surface area (Å²) in [4.78, 5) is 25.4. The number of hydrogen-bond acceptors (Lipinski definition) is 6. The van der Waals surface area contributed by atoms with Gasteiger partial charge in [0.05, 0.1) is 17.8 Å². The molecule has 7 heteroatoms. The van der Waals surface area contributed by atoms with E-state index < -0.39 is 0 Å². The lowest BCUT2D eigenvalue weighted by Gasteiger charge is -2.16. The molecule has 1 unspecified atom stereocenters. The molecule has 3 heterocycles. The van der Waals surface area contributed by atoms with Crippen molar-refractivity contribution in [2.24, 2.45) is 0 Å². The summed E-state index contributed by atoms with van der Waals surface area (Å²) in [5.41, 5.74) is 4.42. The fourth-order valence-corrected chi connectivity index (χ4v) is 3.07. The average molecular weight is 387 g/mol. The minimum absolute atomic E-state index is 0.0460. The summed E-state index contributed by atoms with van der Waals surface area (Å²) in [6.45, 7) is 5.79. The number of aryl methyl sites for hydroxylation is 2. The van der Waals surface area contributed by atoms with Gasteiger partial charge in [-0.3, -0.25) is 9.78 Å². The number of nitrogens with one attached hydrogen (secondary N) is 2. The number of carbonyl (C=O) groups excluding carboxylic acids is 1. The van der Waals surface area contributed by atoms with Gasteiger partial charge in [0.1, 0.15) is 17.1 Å². The second-order valence-electron chi connectivity index (χ2n) is 7.00. The number of furan rings is 1. The maximum atomic E-state index is 12.5. The van der Waals surface area contributed by atoms with Gasteiger partial charge in [-0.05, 0) is 50.1 Å². The Labute approximate surface area is 168 Å². The first-order chi connectivity index (χ1) is 14.0. The third-order valence-corrected chi connectivity index (χ3v) is 4.51. The number of benzene rings is 1. The first-order valence-electron chi connectivity index (χ1n) is 9.30. The van der Waals surface area contributed by atoms with Gasteiger partial charge >= 0.3 is 0 Å². The maximum Gasteiger partial charge on any atom is 0.257 e. The highest BCUT2D eigenvalue weighted by Gasteiger charge is 2.11. The van der Waals surface area contributed by atoms with Gasteiger partial charge in [0.25, 0.3) is 5.91 Å². The molecule has 1 atom stereocenters. The molecule has 0 fully saturated rings. The van der Waals surface area contributed by atoms with Crippen LogP contribution in [0, 0.1) is 13.8 Å². The van der Waals surface area contributed by atoms with Crippen LogP contribution in [0.2, 0.25) is 0 Å². The Morgan fingerprint density at radius 1 is 1.10 bits per heavy atom. The van der Waals surface area contributed by atoms with E-state index in [1.807, 2.05) is 57.2 Å². The lowest BCUT2D eigenvalue weighted by Crippen LogP contribution is -2.13. The molecule has 2 N–H and O–H groups in total. The number of rotatable bonds is 5. The molecule has 146 valence electrons. The largest absolute Gasteiger partial charge is 0.442 e. The van der Waals surface area contributed by atoms with Crippen LogP contribution >= 0.6 is 0 Å². The lowest BCUT2D eigenvalue weighted by atomic mass is 10.1. The zero-order valence-corrected chi connectivity index (χ0v) is 16.4. The van der Waals surface area contributed by atoms with Gasteiger partial charge in [0.2, 0.25) is 5.71 Å². The zero-order valence-electron chi connectivity index (χ0n) is 16.4. The summed E-state index contributed by atoms with van der Waals surface area (Å²) >= 11 is 0. The van der Waals surface area contributed by atoms with Crippen LogP contribution in [0.4, 0.5) is 11.5 Å². The second-order valence-corrected chi connectivity index (χ2v) is 7.00. The van der Waals surface area contributed by atoms with Crippen molar-refractivity contribution in [2.45, 2.75) is 26.8 Å². The Balaban J connectivity index is 1.48. The molecule has 0 aliphatic rings. The lowest BCUT2D eigenvalue weighted by molar-refractivity contribution is 0.102. The highest BCUT2D eigenvalue weighted by Crippen LogP contribution is 2.23. The first kappa shape index (κ1) is 18.6. The van der Waals surface area contributed by atoms with E-state index in [-0.39, 0.29) is 11.9 Å². The van der Waals surface area contributed by atoms with Crippen LogP contribution in [0.1, 0.15) is 40.2 Å². The van der Waals surface area contributed by atoms with Crippen molar-refractivity contribution in [3.8, 4) is 0 Å². The average Bonchev–Trinajstić information content (AvgIpc) is 3.07. The molecule has 1 aromatic carbocycles. The SMILES string of the molecule is Cc1cncc(C(=O)Nc2cccc(C(C)Nc3cnc4cc(C)oc4n3)c2)c1. The molecule has 3 aromatic heterocycles. The molecule has 1 amide bonds. The minimum Gasteiger partial charge on any atom is -0.442 e. The molecule has 0 aliphatic heterocycles. The number of hydrogen-bond donors (Lipinski definition) is 2. The van der Waals surface area contributed by atoms with Crippen molar-refractivity contribution in [3.05, 3.63) is 77.4 Å². The van der Waals surface area contributed by atoms with E-state index in [4.69, 9.17) is 4.42 Å². The third kappa shape index (κ3) is 4.24. The van der Waals surface area contributed by atoms with E-state index in [0.717, 1.165) is 22.4 Å². The zero-order chi connectivity index (χ0) is 20.4. The van der Waals surface area contributed by atoms with Crippen LogP contribution in [-0.2, 0) is 0 Å². The van der Waals surface area contributed by atoms with Gasteiger partial charge in [-0.15, -0.1) is 0 Å². The van der Waals surface area contributed by atoms with Crippen molar-refractivity contribution < 1.29 is 9.21 Å². The standard InChI is InChI=1S/C22H21N5O2/c1-13-7-17(11-23-10-13)21(28)26-18-6-4-5-16(9-18)15(3)25-20-12-24-19-8-14(2)29-22(19)27-20/h4-12,15H,1-3H3,(H,25,27)(H,26,28). The molecule has 0 aliphatic carbocycles.